The second-order valence-electron chi connectivity index (χ2n) is 7.05. The highest BCUT2D eigenvalue weighted by Crippen LogP contribution is 2.56. The molecule has 2 unspecified atom stereocenters. The number of amides is 2. The van der Waals surface area contributed by atoms with Crippen LogP contribution in [0.1, 0.15) is 37.3 Å². The van der Waals surface area contributed by atoms with Gasteiger partial charge in [-0.15, -0.1) is 22.0 Å². The summed E-state index contributed by atoms with van der Waals surface area (Å²) in [6, 6.07) is 4.95. The first kappa shape index (κ1) is 18.2. The van der Waals surface area contributed by atoms with Gasteiger partial charge in [0.1, 0.15) is 23.5 Å². The second kappa shape index (κ2) is 6.47. The number of benzene rings is 1. The number of tetrazole rings is 1. The van der Waals surface area contributed by atoms with Crippen molar-refractivity contribution in [2.24, 2.45) is 5.73 Å². The van der Waals surface area contributed by atoms with Crippen molar-refractivity contribution in [1.29, 1.82) is 0 Å². The Bertz CT molecular complexity index is 891. The van der Waals surface area contributed by atoms with Crippen molar-refractivity contribution in [1.82, 2.24) is 30.8 Å². The highest BCUT2D eigenvalue weighted by Gasteiger charge is 2.63. The van der Waals surface area contributed by atoms with Gasteiger partial charge in [0.05, 0.1) is 0 Å². The predicted molar refractivity (Wildman–Crippen MR) is 99.5 cm³/mol. The summed E-state index contributed by atoms with van der Waals surface area (Å²) in [7, 11) is 0. The average molecular weight is 408 g/mol. The van der Waals surface area contributed by atoms with Gasteiger partial charge < -0.3 is 16.0 Å². The number of thioether (sulfide) groups is 1. The van der Waals surface area contributed by atoms with E-state index in [4.69, 9.17) is 17.3 Å². The monoisotopic (exact) mass is 407 g/mol. The molecule has 4 atom stereocenters. The normalized spacial score (nSPS) is 27.0. The third-order valence-corrected chi connectivity index (χ3v) is 6.64. The van der Waals surface area contributed by atoms with E-state index in [1.165, 1.54) is 0 Å². The highest BCUT2D eigenvalue weighted by molar-refractivity contribution is 8.01. The summed E-state index contributed by atoms with van der Waals surface area (Å²) in [6.07, 6.45) is 0. The van der Waals surface area contributed by atoms with Crippen LogP contribution in [0.25, 0.3) is 0 Å². The summed E-state index contributed by atoms with van der Waals surface area (Å²) in [6.45, 7) is 4.03. The summed E-state index contributed by atoms with van der Waals surface area (Å²) in [5.74, 6) is -0.139. The van der Waals surface area contributed by atoms with Crippen LogP contribution in [0.2, 0.25) is 5.02 Å². The number of aromatic amines is 1. The number of β-lactam (4-membered cyclic amide) rings is 1. The molecule has 9 nitrogen and oxygen atoms in total. The fraction of sp³-hybridized carbons (Fsp3) is 0.438. The molecular weight excluding hydrogens is 390 g/mol. The van der Waals surface area contributed by atoms with Crippen molar-refractivity contribution in [2.75, 3.05) is 0 Å². The lowest BCUT2D eigenvalue weighted by Crippen LogP contribution is -2.68. The first-order chi connectivity index (χ1) is 12.8. The maximum absolute atomic E-state index is 12.7. The van der Waals surface area contributed by atoms with E-state index in [0.717, 1.165) is 0 Å². The van der Waals surface area contributed by atoms with Crippen molar-refractivity contribution in [2.45, 2.75) is 42.1 Å². The summed E-state index contributed by atoms with van der Waals surface area (Å²) >= 11 is 7.55. The van der Waals surface area contributed by atoms with Gasteiger partial charge in [-0.2, -0.15) is 5.21 Å². The minimum Gasteiger partial charge on any atom is -0.340 e. The standard InChI is InChI=1S/C16H18ClN7O2S/c1-16(2)11(12-20-22-23-21-12)24-14(26)10(15(24)27-16)19-13(25)9(18)7-4-3-5-8(17)6-7/h3-6,9-11,15H,18H2,1-2H3,(H,19,25)(H,20,21,22,23)/t9-,10?,11?,15-/m1/s1. The number of carbonyl (C=O) groups is 2. The zero-order valence-corrected chi connectivity index (χ0v) is 16.2. The lowest BCUT2D eigenvalue weighted by atomic mass is 9.95. The number of aromatic nitrogens is 4. The van der Waals surface area contributed by atoms with Gasteiger partial charge in [-0.1, -0.05) is 28.9 Å². The number of nitrogens with one attached hydrogen (secondary N) is 2. The molecule has 4 rings (SSSR count). The number of rotatable bonds is 4. The Balaban J connectivity index is 1.49. The van der Waals surface area contributed by atoms with Crippen molar-refractivity contribution in [3.8, 4) is 0 Å². The minimum atomic E-state index is -0.905. The Hall–Kier alpha value is -2.17. The SMILES string of the molecule is CC1(C)S[C@@H]2C(NC(=O)[C@H](N)c3cccc(Cl)c3)C(=O)N2C1c1nn[nH]n1. The van der Waals surface area contributed by atoms with E-state index < -0.39 is 18.0 Å². The zero-order valence-electron chi connectivity index (χ0n) is 14.6. The van der Waals surface area contributed by atoms with Crippen molar-refractivity contribution < 1.29 is 9.59 Å². The smallest absolute Gasteiger partial charge is 0.249 e. The third kappa shape index (κ3) is 2.97. The van der Waals surface area contributed by atoms with Crippen LogP contribution in [0.15, 0.2) is 24.3 Å². The quantitative estimate of drug-likeness (QED) is 0.638. The molecule has 2 amide bonds. The Morgan fingerprint density at radius 2 is 2.26 bits per heavy atom. The molecule has 0 saturated carbocycles. The van der Waals surface area contributed by atoms with Crippen LogP contribution in [0.5, 0.6) is 0 Å². The van der Waals surface area contributed by atoms with Gasteiger partial charge in [0.2, 0.25) is 11.8 Å². The van der Waals surface area contributed by atoms with Gasteiger partial charge in [-0.25, -0.2) is 0 Å². The van der Waals surface area contributed by atoms with Gasteiger partial charge in [0.25, 0.3) is 0 Å². The van der Waals surface area contributed by atoms with Crippen LogP contribution in [-0.2, 0) is 9.59 Å². The van der Waals surface area contributed by atoms with E-state index in [1.54, 1.807) is 40.9 Å². The number of H-pyrrole nitrogens is 1. The third-order valence-electron chi connectivity index (χ3n) is 4.84. The van der Waals surface area contributed by atoms with Crippen molar-refractivity contribution >= 4 is 35.2 Å². The first-order valence-electron chi connectivity index (χ1n) is 8.34. The number of halogens is 1. The fourth-order valence-corrected chi connectivity index (χ4v) is 5.37. The summed E-state index contributed by atoms with van der Waals surface area (Å²) in [5.41, 5.74) is 6.63. The van der Waals surface area contributed by atoms with Crippen LogP contribution >= 0.6 is 23.4 Å². The average Bonchev–Trinajstić information content (AvgIpc) is 3.23. The summed E-state index contributed by atoms with van der Waals surface area (Å²) in [5, 5.41) is 17.2. The zero-order chi connectivity index (χ0) is 19.3. The van der Waals surface area contributed by atoms with E-state index in [9.17, 15) is 9.59 Å². The van der Waals surface area contributed by atoms with Gasteiger partial charge in [-0.3, -0.25) is 9.59 Å². The molecular formula is C16H18ClN7O2S. The van der Waals surface area contributed by atoms with Crippen molar-refractivity contribution in [3.63, 3.8) is 0 Å². The minimum absolute atomic E-state index is 0.181. The first-order valence-corrected chi connectivity index (χ1v) is 9.60. The lowest BCUT2D eigenvalue weighted by Gasteiger charge is -2.44. The molecule has 3 heterocycles. The Morgan fingerprint density at radius 1 is 1.48 bits per heavy atom. The van der Waals surface area contributed by atoms with Gasteiger partial charge >= 0.3 is 0 Å². The van der Waals surface area contributed by atoms with Crippen LogP contribution in [0, 0.1) is 0 Å². The molecule has 2 fully saturated rings. The molecule has 1 aromatic heterocycles. The van der Waals surface area contributed by atoms with E-state index in [2.05, 4.69) is 25.9 Å². The molecule has 11 heteroatoms. The molecule has 1 aromatic carbocycles. The molecule has 0 radical (unpaired) electrons. The fourth-order valence-electron chi connectivity index (χ4n) is 3.54. The molecule has 0 aliphatic carbocycles. The molecule has 0 spiro atoms. The number of hydrogen-bond donors (Lipinski definition) is 3. The molecule has 142 valence electrons. The predicted octanol–water partition coefficient (Wildman–Crippen LogP) is 0.773. The lowest BCUT2D eigenvalue weighted by molar-refractivity contribution is -0.152. The molecule has 27 heavy (non-hydrogen) atoms. The van der Waals surface area contributed by atoms with Gasteiger partial charge in [-0.05, 0) is 31.5 Å². The van der Waals surface area contributed by atoms with E-state index in [0.29, 0.717) is 16.4 Å². The number of hydrogen-bond acceptors (Lipinski definition) is 7. The number of fused-ring (bicyclic) bond motifs is 1. The van der Waals surface area contributed by atoms with Gasteiger partial charge in [0, 0.05) is 9.77 Å². The van der Waals surface area contributed by atoms with E-state index in [1.807, 2.05) is 13.8 Å². The van der Waals surface area contributed by atoms with Crippen LogP contribution < -0.4 is 11.1 Å². The molecule has 4 N–H and O–H groups in total. The second-order valence-corrected chi connectivity index (χ2v) is 9.26. The molecule has 2 aliphatic heterocycles. The largest absolute Gasteiger partial charge is 0.340 e. The Kier molecular flexibility index (Phi) is 4.36. The van der Waals surface area contributed by atoms with Crippen molar-refractivity contribution in [3.05, 3.63) is 40.7 Å². The van der Waals surface area contributed by atoms with Crippen LogP contribution in [0.3, 0.4) is 0 Å². The highest BCUT2D eigenvalue weighted by atomic mass is 35.5. The van der Waals surface area contributed by atoms with E-state index >= 15 is 0 Å². The van der Waals surface area contributed by atoms with Crippen LogP contribution in [-0.4, -0.2) is 53.5 Å². The maximum Gasteiger partial charge on any atom is 0.249 e. The van der Waals surface area contributed by atoms with Gasteiger partial charge in [0.15, 0.2) is 5.82 Å². The topological polar surface area (TPSA) is 130 Å². The molecule has 2 aliphatic rings. The summed E-state index contributed by atoms with van der Waals surface area (Å²) in [4.78, 5) is 27.0. The Labute approximate surface area is 164 Å². The molecule has 2 aromatic rings. The maximum atomic E-state index is 12.7. The number of nitrogens with two attached hydrogens (primary N) is 1. The van der Waals surface area contributed by atoms with E-state index in [-0.39, 0.29) is 22.1 Å². The van der Waals surface area contributed by atoms with Crippen LogP contribution in [0.4, 0.5) is 0 Å². The molecule has 0 bridgehead atoms. The molecule has 2 saturated heterocycles. The number of carbonyl (C=O) groups excluding carboxylic acids is 2. The number of nitrogens with zero attached hydrogens (tertiary/aromatic N) is 4. The summed E-state index contributed by atoms with van der Waals surface area (Å²) < 4.78 is -0.321. The Morgan fingerprint density at radius 3 is 2.93 bits per heavy atom.